The van der Waals surface area contributed by atoms with Crippen LogP contribution in [0.25, 0.3) is 0 Å². The summed E-state index contributed by atoms with van der Waals surface area (Å²) in [5, 5.41) is 0. The zero-order valence-corrected chi connectivity index (χ0v) is 5.00. The van der Waals surface area contributed by atoms with Gasteiger partial charge in [0.05, 0.1) is 19.6 Å². The minimum Gasteiger partial charge on any atom is -0.350 e. The summed E-state index contributed by atoms with van der Waals surface area (Å²) in [4.78, 5) is 10.2. The van der Waals surface area contributed by atoms with Gasteiger partial charge in [-0.15, -0.1) is 0 Å². The Morgan fingerprint density at radius 1 is 1.56 bits per heavy atom. The third kappa shape index (κ3) is 2.11. The Labute approximate surface area is 53.9 Å². The molecular formula is C6H8O3. The lowest BCUT2D eigenvalue weighted by Crippen LogP contribution is -2.11. The summed E-state index contributed by atoms with van der Waals surface area (Å²) in [6.45, 7) is 6.01. The van der Waals surface area contributed by atoms with Crippen molar-refractivity contribution >= 4 is 5.78 Å². The fourth-order valence-electron chi connectivity index (χ4n) is 0.689. The van der Waals surface area contributed by atoms with Crippen LogP contribution in [-0.4, -0.2) is 25.3 Å². The molecule has 0 saturated carbocycles. The molecule has 0 aliphatic carbocycles. The highest BCUT2D eigenvalue weighted by Gasteiger charge is 2.16. The Morgan fingerprint density at radius 3 is 2.56 bits per heavy atom. The molecule has 1 fully saturated rings. The summed E-state index contributed by atoms with van der Waals surface area (Å²) in [6.07, 6.45) is -0.220. The highest BCUT2D eigenvalue weighted by molar-refractivity contribution is 5.82. The van der Waals surface area contributed by atoms with Crippen molar-refractivity contribution in [2.24, 2.45) is 0 Å². The van der Waals surface area contributed by atoms with Crippen molar-refractivity contribution in [2.75, 3.05) is 13.2 Å². The maximum Gasteiger partial charge on any atom is 0.164 e. The van der Waals surface area contributed by atoms with Crippen molar-refractivity contribution < 1.29 is 14.3 Å². The fourth-order valence-corrected chi connectivity index (χ4v) is 0.689. The number of Topliss-reactive ketones (excluding diaryl/α,β-unsaturated/α-hetero) is 1. The maximum atomic E-state index is 10.2. The molecule has 1 heterocycles. The normalized spacial score (nSPS) is 20.6. The molecule has 1 saturated heterocycles. The van der Waals surface area contributed by atoms with E-state index in [0.717, 1.165) is 0 Å². The van der Waals surface area contributed by atoms with Gasteiger partial charge in [0, 0.05) is 6.92 Å². The van der Waals surface area contributed by atoms with Gasteiger partial charge in [0.1, 0.15) is 5.78 Å². The Morgan fingerprint density at radius 2 is 2.11 bits per heavy atom. The number of carbonyl (C=O) groups excluding carboxylic acids is 1. The smallest absolute Gasteiger partial charge is 0.164 e. The molecule has 0 atom stereocenters. The van der Waals surface area contributed by atoms with Gasteiger partial charge in [0.2, 0.25) is 0 Å². The Hall–Kier alpha value is -0.410. The van der Waals surface area contributed by atoms with E-state index in [4.69, 9.17) is 16.4 Å². The molecule has 2 radical (unpaired) electrons. The van der Waals surface area contributed by atoms with E-state index < -0.39 is 0 Å². The molecule has 0 spiro atoms. The van der Waals surface area contributed by atoms with Crippen LogP contribution < -0.4 is 0 Å². The SMILES string of the molecule is [CH]C(=O)CC1OCCO1. The first kappa shape index (κ1) is 6.71. The van der Waals surface area contributed by atoms with Gasteiger partial charge in [-0.2, -0.15) is 0 Å². The molecule has 1 aliphatic heterocycles. The standard InChI is InChI=1S/C6H8O3/c1-5(7)4-6-8-2-3-9-6/h1,6H,2-4H2. The summed E-state index contributed by atoms with van der Waals surface area (Å²) in [6, 6.07) is 0. The molecule has 0 aromatic heterocycles. The van der Waals surface area contributed by atoms with E-state index in [1.165, 1.54) is 0 Å². The van der Waals surface area contributed by atoms with Gasteiger partial charge in [-0.05, 0) is 0 Å². The van der Waals surface area contributed by atoms with Crippen LogP contribution >= 0.6 is 0 Å². The van der Waals surface area contributed by atoms with E-state index in [1.54, 1.807) is 0 Å². The van der Waals surface area contributed by atoms with Crippen LogP contribution in [0.1, 0.15) is 6.42 Å². The van der Waals surface area contributed by atoms with Crippen molar-refractivity contribution in [2.45, 2.75) is 12.7 Å². The molecule has 1 rings (SSSR count). The number of hydrogen-bond acceptors (Lipinski definition) is 3. The minimum atomic E-state index is -0.387. The highest BCUT2D eigenvalue weighted by Crippen LogP contribution is 2.07. The molecule has 3 nitrogen and oxygen atoms in total. The highest BCUT2D eigenvalue weighted by atomic mass is 16.7. The first-order chi connectivity index (χ1) is 4.29. The topological polar surface area (TPSA) is 35.5 Å². The average molecular weight is 128 g/mol. The van der Waals surface area contributed by atoms with Crippen LogP contribution in [-0.2, 0) is 14.3 Å². The van der Waals surface area contributed by atoms with Gasteiger partial charge in [-0.3, -0.25) is 4.79 Å². The van der Waals surface area contributed by atoms with Crippen LogP contribution in [0.5, 0.6) is 0 Å². The molecule has 1 aliphatic rings. The van der Waals surface area contributed by atoms with Crippen LogP contribution in [0.3, 0.4) is 0 Å². The average Bonchev–Trinajstić information content (AvgIpc) is 2.15. The molecule has 9 heavy (non-hydrogen) atoms. The first-order valence-electron chi connectivity index (χ1n) is 2.80. The van der Waals surface area contributed by atoms with Gasteiger partial charge in [-0.25, -0.2) is 0 Å². The predicted octanol–water partition coefficient (Wildman–Crippen LogP) is 0.0296. The molecule has 0 N–H and O–H groups in total. The Bertz CT molecular complexity index is 105. The van der Waals surface area contributed by atoms with Crippen LogP contribution in [0.15, 0.2) is 0 Å². The minimum absolute atomic E-state index is 0.167. The second-order valence-electron chi connectivity index (χ2n) is 1.84. The van der Waals surface area contributed by atoms with Gasteiger partial charge in [0.25, 0.3) is 0 Å². The van der Waals surface area contributed by atoms with Gasteiger partial charge >= 0.3 is 0 Å². The Kier molecular flexibility index (Phi) is 2.19. The molecule has 0 aromatic rings. The largest absolute Gasteiger partial charge is 0.350 e. The molecular weight excluding hydrogens is 120 g/mol. The molecule has 0 unspecified atom stereocenters. The Balaban J connectivity index is 2.19. The van der Waals surface area contributed by atoms with E-state index in [1.807, 2.05) is 0 Å². The monoisotopic (exact) mass is 128 g/mol. The van der Waals surface area contributed by atoms with E-state index >= 15 is 0 Å². The number of ketones is 1. The van der Waals surface area contributed by atoms with Crippen LogP contribution in [0.4, 0.5) is 0 Å². The van der Waals surface area contributed by atoms with E-state index in [9.17, 15) is 4.79 Å². The lowest BCUT2D eigenvalue weighted by molar-refractivity contribution is -0.123. The van der Waals surface area contributed by atoms with Crippen molar-refractivity contribution in [3.05, 3.63) is 6.92 Å². The second kappa shape index (κ2) is 2.94. The van der Waals surface area contributed by atoms with Crippen molar-refractivity contribution in [3.63, 3.8) is 0 Å². The lowest BCUT2D eigenvalue weighted by atomic mass is 10.3. The fraction of sp³-hybridized carbons (Fsp3) is 0.667. The summed E-state index contributed by atoms with van der Waals surface area (Å²) >= 11 is 0. The van der Waals surface area contributed by atoms with E-state index in [0.29, 0.717) is 13.2 Å². The number of ether oxygens (including phenoxy) is 2. The zero-order valence-electron chi connectivity index (χ0n) is 5.00. The molecule has 3 heteroatoms. The summed E-state index contributed by atoms with van der Waals surface area (Å²) in [5.41, 5.74) is 0. The third-order valence-electron chi connectivity index (χ3n) is 1.06. The summed E-state index contributed by atoms with van der Waals surface area (Å²) in [7, 11) is 0. The number of carbonyl (C=O) groups is 1. The van der Waals surface area contributed by atoms with Crippen LogP contribution in [0, 0.1) is 6.92 Å². The quantitative estimate of drug-likeness (QED) is 0.526. The summed E-state index contributed by atoms with van der Waals surface area (Å²) in [5.74, 6) is -0.387. The zero-order chi connectivity index (χ0) is 6.69. The van der Waals surface area contributed by atoms with E-state index in [-0.39, 0.29) is 18.5 Å². The van der Waals surface area contributed by atoms with Gasteiger partial charge < -0.3 is 9.47 Å². The maximum absolute atomic E-state index is 10.2. The molecule has 50 valence electrons. The van der Waals surface area contributed by atoms with Crippen molar-refractivity contribution in [1.82, 2.24) is 0 Å². The predicted molar refractivity (Wildman–Crippen MR) is 29.6 cm³/mol. The second-order valence-corrected chi connectivity index (χ2v) is 1.84. The van der Waals surface area contributed by atoms with Crippen molar-refractivity contribution in [3.8, 4) is 0 Å². The van der Waals surface area contributed by atoms with Gasteiger partial charge in [0.15, 0.2) is 6.29 Å². The van der Waals surface area contributed by atoms with Crippen LogP contribution in [0.2, 0.25) is 0 Å². The first-order valence-corrected chi connectivity index (χ1v) is 2.80. The number of hydrogen-bond donors (Lipinski definition) is 0. The molecule has 0 bridgehead atoms. The van der Waals surface area contributed by atoms with E-state index in [2.05, 4.69) is 0 Å². The van der Waals surface area contributed by atoms with Crippen molar-refractivity contribution in [1.29, 1.82) is 0 Å². The molecule has 0 amide bonds. The van der Waals surface area contributed by atoms with Gasteiger partial charge in [-0.1, -0.05) is 0 Å². The third-order valence-corrected chi connectivity index (χ3v) is 1.06. The number of rotatable bonds is 2. The molecule has 0 aromatic carbocycles. The lowest BCUT2D eigenvalue weighted by Gasteiger charge is -2.03. The summed E-state index contributed by atoms with van der Waals surface area (Å²) < 4.78 is 9.88.